The summed E-state index contributed by atoms with van der Waals surface area (Å²) >= 11 is 0. The first-order chi connectivity index (χ1) is 11.9. The van der Waals surface area contributed by atoms with Crippen molar-refractivity contribution in [2.45, 2.75) is 39.5 Å². The lowest BCUT2D eigenvalue weighted by Crippen LogP contribution is -2.45. The highest BCUT2D eigenvalue weighted by Crippen LogP contribution is 2.19. The van der Waals surface area contributed by atoms with E-state index in [0.29, 0.717) is 12.1 Å². The number of carbonyl (C=O) groups excluding carboxylic acids is 1. The minimum absolute atomic E-state index is 0.0941. The zero-order chi connectivity index (χ0) is 18.0. The van der Waals surface area contributed by atoms with Crippen molar-refractivity contribution in [1.29, 1.82) is 0 Å². The third-order valence-corrected chi connectivity index (χ3v) is 4.16. The second kappa shape index (κ2) is 7.23. The zero-order valence-electron chi connectivity index (χ0n) is 15.1. The summed E-state index contributed by atoms with van der Waals surface area (Å²) in [6.45, 7) is 7.94. The molecule has 0 N–H and O–H groups in total. The van der Waals surface area contributed by atoms with Crippen molar-refractivity contribution in [2.24, 2.45) is 0 Å². The summed E-state index contributed by atoms with van der Waals surface area (Å²) in [5, 5.41) is 3.92. The number of hydrogen-bond donors (Lipinski definition) is 0. The fourth-order valence-corrected chi connectivity index (χ4v) is 3.09. The van der Waals surface area contributed by atoms with Crippen LogP contribution in [0.5, 0.6) is 0 Å². The summed E-state index contributed by atoms with van der Waals surface area (Å²) in [5.74, 6) is 1.51. The van der Waals surface area contributed by atoms with Crippen molar-refractivity contribution in [3.8, 4) is 0 Å². The van der Waals surface area contributed by atoms with E-state index in [-0.39, 0.29) is 18.1 Å². The largest absolute Gasteiger partial charge is 0.372 e. The Morgan fingerprint density at radius 2 is 2.04 bits per heavy atom. The standard InChI is InChI=1S/C18H24N4O3/c1-12-7-16(20-25-12)11-21(4)18(23)15-5-6-17(19-8-15)22-9-13(2)24-14(3)10-22/h5-8,13-14H,9-11H2,1-4H3/t13-,14-/m0/s1. The van der Waals surface area contributed by atoms with Gasteiger partial charge in [-0.25, -0.2) is 4.98 Å². The van der Waals surface area contributed by atoms with Gasteiger partial charge in [-0.15, -0.1) is 0 Å². The van der Waals surface area contributed by atoms with Crippen LogP contribution in [0.1, 0.15) is 35.7 Å². The van der Waals surface area contributed by atoms with Gasteiger partial charge in [-0.3, -0.25) is 4.79 Å². The third kappa shape index (κ3) is 4.17. The topological polar surface area (TPSA) is 71.7 Å². The van der Waals surface area contributed by atoms with Crippen molar-refractivity contribution in [3.05, 3.63) is 41.4 Å². The lowest BCUT2D eigenvalue weighted by molar-refractivity contribution is -0.00546. The van der Waals surface area contributed by atoms with Crippen LogP contribution in [0.25, 0.3) is 0 Å². The van der Waals surface area contributed by atoms with Gasteiger partial charge < -0.3 is 19.1 Å². The molecule has 134 valence electrons. The Bertz CT molecular complexity index is 718. The van der Waals surface area contributed by atoms with Gasteiger partial charge in [0.15, 0.2) is 0 Å². The molecule has 0 aromatic carbocycles. The van der Waals surface area contributed by atoms with Crippen LogP contribution in [0.2, 0.25) is 0 Å². The normalized spacial score (nSPS) is 20.6. The van der Waals surface area contributed by atoms with Gasteiger partial charge in [0.2, 0.25) is 0 Å². The van der Waals surface area contributed by atoms with E-state index < -0.39 is 0 Å². The molecule has 2 aromatic heterocycles. The van der Waals surface area contributed by atoms with E-state index in [0.717, 1.165) is 30.4 Å². The van der Waals surface area contributed by atoms with Crippen molar-refractivity contribution >= 4 is 11.7 Å². The Morgan fingerprint density at radius 3 is 2.60 bits per heavy atom. The zero-order valence-corrected chi connectivity index (χ0v) is 15.1. The molecule has 1 aliphatic heterocycles. The minimum Gasteiger partial charge on any atom is -0.372 e. The molecule has 0 radical (unpaired) electrons. The van der Waals surface area contributed by atoms with Crippen LogP contribution < -0.4 is 4.90 Å². The average Bonchev–Trinajstić information content (AvgIpc) is 2.98. The lowest BCUT2D eigenvalue weighted by atomic mass is 10.2. The van der Waals surface area contributed by atoms with Crippen LogP contribution in [0.4, 0.5) is 5.82 Å². The second-order valence-electron chi connectivity index (χ2n) is 6.66. The molecular weight excluding hydrogens is 320 g/mol. The molecule has 0 spiro atoms. The summed E-state index contributed by atoms with van der Waals surface area (Å²) in [6, 6.07) is 5.54. The quantitative estimate of drug-likeness (QED) is 0.847. The summed E-state index contributed by atoms with van der Waals surface area (Å²) in [4.78, 5) is 20.8. The Morgan fingerprint density at radius 1 is 1.32 bits per heavy atom. The van der Waals surface area contributed by atoms with Gasteiger partial charge >= 0.3 is 0 Å². The molecule has 7 nitrogen and oxygen atoms in total. The van der Waals surface area contributed by atoms with Crippen molar-refractivity contribution in [3.63, 3.8) is 0 Å². The number of amides is 1. The Kier molecular flexibility index (Phi) is 5.03. The summed E-state index contributed by atoms with van der Waals surface area (Å²) in [7, 11) is 1.74. The smallest absolute Gasteiger partial charge is 0.255 e. The monoisotopic (exact) mass is 344 g/mol. The fourth-order valence-electron chi connectivity index (χ4n) is 3.09. The number of anilines is 1. The molecule has 25 heavy (non-hydrogen) atoms. The third-order valence-electron chi connectivity index (χ3n) is 4.16. The van der Waals surface area contributed by atoms with Crippen LogP contribution in [-0.4, -0.2) is 53.3 Å². The summed E-state index contributed by atoms with van der Waals surface area (Å²) in [6.07, 6.45) is 1.97. The molecule has 0 unspecified atom stereocenters. The molecule has 1 aliphatic rings. The highest BCUT2D eigenvalue weighted by atomic mass is 16.5. The maximum atomic E-state index is 12.5. The molecule has 0 bridgehead atoms. The number of aromatic nitrogens is 2. The van der Waals surface area contributed by atoms with Crippen molar-refractivity contribution in [2.75, 3.05) is 25.0 Å². The van der Waals surface area contributed by atoms with E-state index in [2.05, 4.69) is 28.9 Å². The van der Waals surface area contributed by atoms with Crippen LogP contribution in [0.15, 0.2) is 28.9 Å². The van der Waals surface area contributed by atoms with Gasteiger partial charge in [0, 0.05) is 32.4 Å². The van der Waals surface area contributed by atoms with Crippen LogP contribution in [0, 0.1) is 6.92 Å². The van der Waals surface area contributed by atoms with Gasteiger partial charge in [-0.05, 0) is 32.9 Å². The van der Waals surface area contributed by atoms with Gasteiger partial charge in [0.1, 0.15) is 17.3 Å². The predicted octanol–water partition coefficient (Wildman–Crippen LogP) is 2.26. The van der Waals surface area contributed by atoms with E-state index >= 15 is 0 Å². The number of hydrogen-bond acceptors (Lipinski definition) is 6. The lowest BCUT2D eigenvalue weighted by Gasteiger charge is -2.36. The molecule has 0 aliphatic carbocycles. The number of ether oxygens (including phenoxy) is 1. The first kappa shape index (κ1) is 17.4. The van der Waals surface area contributed by atoms with Gasteiger partial charge in [-0.1, -0.05) is 5.16 Å². The number of pyridine rings is 1. The van der Waals surface area contributed by atoms with E-state index in [1.165, 1.54) is 0 Å². The van der Waals surface area contributed by atoms with E-state index in [9.17, 15) is 4.79 Å². The predicted molar refractivity (Wildman–Crippen MR) is 93.5 cm³/mol. The molecule has 2 atom stereocenters. The molecular formula is C18H24N4O3. The van der Waals surface area contributed by atoms with Crippen LogP contribution in [0.3, 0.4) is 0 Å². The van der Waals surface area contributed by atoms with Crippen molar-refractivity contribution in [1.82, 2.24) is 15.0 Å². The van der Waals surface area contributed by atoms with E-state index in [4.69, 9.17) is 9.26 Å². The first-order valence-corrected chi connectivity index (χ1v) is 8.46. The van der Waals surface area contributed by atoms with E-state index in [1.54, 1.807) is 18.1 Å². The molecule has 3 rings (SSSR count). The average molecular weight is 344 g/mol. The fraction of sp³-hybridized carbons (Fsp3) is 0.500. The maximum Gasteiger partial charge on any atom is 0.255 e. The molecule has 1 amide bonds. The van der Waals surface area contributed by atoms with Gasteiger partial charge in [0.05, 0.1) is 24.3 Å². The molecule has 0 saturated carbocycles. The Labute approximate surface area is 147 Å². The molecule has 2 aromatic rings. The Balaban J connectivity index is 1.65. The maximum absolute atomic E-state index is 12.5. The molecule has 1 fully saturated rings. The minimum atomic E-state index is -0.0941. The summed E-state index contributed by atoms with van der Waals surface area (Å²) in [5.41, 5.74) is 1.29. The van der Waals surface area contributed by atoms with Crippen LogP contribution in [-0.2, 0) is 11.3 Å². The van der Waals surface area contributed by atoms with Crippen LogP contribution >= 0.6 is 0 Å². The van der Waals surface area contributed by atoms with Gasteiger partial charge in [0.25, 0.3) is 5.91 Å². The highest BCUT2D eigenvalue weighted by Gasteiger charge is 2.23. The molecule has 3 heterocycles. The summed E-state index contributed by atoms with van der Waals surface area (Å²) < 4.78 is 10.8. The second-order valence-corrected chi connectivity index (χ2v) is 6.66. The molecule has 1 saturated heterocycles. The SMILES string of the molecule is Cc1cc(CN(C)C(=O)c2ccc(N3C[C@H](C)O[C@@H](C)C3)nc2)no1. The first-order valence-electron chi connectivity index (χ1n) is 8.46. The molecule has 7 heteroatoms. The Hall–Kier alpha value is -2.41. The number of rotatable bonds is 4. The number of aryl methyl sites for hydroxylation is 1. The van der Waals surface area contributed by atoms with Gasteiger partial charge in [-0.2, -0.15) is 0 Å². The number of carbonyl (C=O) groups is 1. The van der Waals surface area contributed by atoms with E-state index in [1.807, 2.05) is 25.1 Å². The highest BCUT2D eigenvalue weighted by molar-refractivity contribution is 5.93. The van der Waals surface area contributed by atoms with Crippen molar-refractivity contribution < 1.29 is 14.1 Å². The number of nitrogens with zero attached hydrogens (tertiary/aromatic N) is 4. The number of morpholine rings is 1.